The number of alkyl halides is 3. The van der Waals surface area contributed by atoms with Gasteiger partial charge < -0.3 is 10.2 Å². The van der Waals surface area contributed by atoms with Crippen LogP contribution in [-0.4, -0.2) is 35.9 Å². The summed E-state index contributed by atoms with van der Waals surface area (Å²) >= 11 is 0. The molecule has 1 amide bonds. The molecule has 0 aromatic heterocycles. The second-order valence-electron chi connectivity index (χ2n) is 4.67. The third-order valence-electron chi connectivity index (χ3n) is 3.27. The SMILES string of the molecule is O=C1NN(c2cccc(C(F)(F)F)c2)CC1(CO)CO. The van der Waals surface area contributed by atoms with E-state index in [1.165, 1.54) is 17.1 Å². The van der Waals surface area contributed by atoms with Crippen LogP contribution in [0.2, 0.25) is 0 Å². The van der Waals surface area contributed by atoms with E-state index in [0.29, 0.717) is 0 Å². The molecule has 8 heteroatoms. The fourth-order valence-electron chi connectivity index (χ4n) is 1.95. The van der Waals surface area contributed by atoms with Gasteiger partial charge in [-0.05, 0) is 18.2 Å². The molecule has 1 aliphatic rings. The summed E-state index contributed by atoms with van der Waals surface area (Å²) in [4.78, 5) is 11.7. The number of halogens is 3. The molecule has 0 unspecified atom stereocenters. The normalized spacial score (nSPS) is 18.2. The zero-order valence-electron chi connectivity index (χ0n) is 10.3. The van der Waals surface area contributed by atoms with Gasteiger partial charge in [0.2, 0.25) is 0 Å². The number of amides is 1. The molecule has 1 saturated heterocycles. The maximum atomic E-state index is 12.6. The highest BCUT2D eigenvalue weighted by Crippen LogP contribution is 2.33. The summed E-state index contributed by atoms with van der Waals surface area (Å²) in [6, 6.07) is 4.44. The van der Waals surface area contributed by atoms with Gasteiger partial charge in [-0.25, -0.2) is 0 Å². The minimum Gasteiger partial charge on any atom is -0.395 e. The summed E-state index contributed by atoms with van der Waals surface area (Å²) in [5, 5.41) is 19.6. The Balaban J connectivity index is 2.29. The van der Waals surface area contributed by atoms with Gasteiger partial charge in [0.05, 0.1) is 31.0 Å². The van der Waals surface area contributed by atoms with Crippen LogP contribution in [0.15, 0.2) is 24.3 Å². The molecule has 5 nitrogen and oxygen atoms in total. The number of nitrogens with zero attached hydrogens (tertiary/aromatic N) is 1. The largest absolute Gasteiger partial charge is 0.416 e. The van der Waals surface area contributed by atoms with Gasteiger partial charge in [-0.1, -0.05) is 6.07 Å². The lowest BCUT2D eigenvalue weighted by molar-refractivity contribution is -0.137. The molecule has 1 aliphatic heterocycles. The van der Waals surface area contributed by atoms with Gasteiger partial charge in [0.15, 0.2) is 0 Å². The van der Waals surface area contributed by atoms with Gasteiger partial charge in [0.25, 0.3) is 5.91 Å². The Kier molecular flexibility index (Phi) is 3.61. The number of hydrogen-bond donors (Lipinski definition) is 3. The minimum atomic E-state index is -4.48. The van der Waals surface area contributed by atoms with Gasteiger partial charge in [0, 0.05) is 0 Å². The van der Waals surface area contributed by atoms with Crippen LogP contribution in [0.25, 0.3) is 0 Å². The van der Waals surface area contributed by atoms with E-state index in [4.69, 9.17) is 0 Å². The molecule has 1 fully saturated rings. The lowest BCUT2D eigenvalue weighted by Gasteiger charge is -2.22. The minimum absolute atomic E-state index is 0.111. The van der Waals surface area contributed by atoms with Crippen molar-refractivity contribution in [2.24, 2.45) is 5.41 Å². The highest BCUT2D eigenvalue weighted by molar-refractivity contribution is 5.88. The monoisotopic (exact) mass is 290 g/mol. The van der Waals surface area contributed by atoms with E-state index >= 15 is 0 Å². The van der Waals surface area contributed by atoms with Crippen molar-refractivity contribution in [2.75, 3.05) is 24.8 Å². The molecule has 3 N–H and O–H groups in total. The van der Waals surface area contributed by atoms with Crippen LogP contribution in [-0.2, 0) is 11.0 Å². The Morgan fingerprint density at radius 3 is 2.45 bits per heavy atom. The summed E-state index contributed by atoms with van der Waals surface area (Å²) < 4.78 is 37.9. The number of anilines is 1. The van der Waals surface area contributed by atoms with Crippen molar-refractivity contribution < 1.29 is 28.2 Å². The van der Waals surface area contributed by atoms with Crippen molar-refractivity contribution in [3.8, 4) is 0 Å². The number of hydrazine groups is 1. The second-order valence-corrected chi connectivity index (χ2v) is 4.67. The highest BCUT2D eigenvalue weighted by atomic mass is 19.4. The Labute approximate surface area is 112 Å². The molecule has 1 aromatic rings. The van der Waals surface area contributed by atoms with Crippen molar-refractivity contribution in [3.05, 3.63) is 29.8 Å². The predicted octanol–water partition coefficient (Wildman–Crippen LogP) is 0.528. The van der Waals surface area contributed by atoms with Crippen LogP contribution in [0.3, 0.4) is 0 Å². The van der Waals surface area contributed by atoms with Gasteiger partial charge >= 0.3 is 6.18 Å². The van der Waals surface area contributed by atoms with Crippen LogP contribution in [0.4, 0.5) is 18.9 Å². The van der Waals surface area contributed by atoms with Crippen molar-refractivity contribution >= 4 is 11.6 Å². The standard InChI is InChI=1S/C12H13F3N2O3/c13-12(14,15)8-2-1-3-9(4-8)17-5-11(6-18,7-19)10(20)16-17/h1-4,18-19H,5-7H2,(H,16,20). The molecule has 1 aromatic carbocycles. The number of aliphatic hydroxyl groups is 2. The van der Waals surface area contributed by atoms with E-state index in [-0.39, 0.29) is 12.2 Å². The van der Waals surface area contributed by atoms with Crippen molar-refractivity contribution in [1.82, 2.24) is 5.43 Å². The molecule has 0 saturated carbocycles. The molecule has 0 spiro atoms. The molecule has 0 aliphatic carbocycles. The molecule has 0 bridgehead atoms. The van der Waals surface area contributed by atoms with Gasteiger partial charge in [-0.3, -0.25) is 15.2 Å². The van der Waals surface area contributed by atoms with Crippen LogP contribution >= 0.6 is 0 Å². The van der Waals surface area contributed by atoms with Crippen molar-refractivity contribution in [1.29, 1.82) is 0 Å². The molecule has 2 rings (SSSR count). The summed E-state index contributed by atoms with van der Waals surface area (Å²) in [5.74, 6) is -0.625. The quantitative estimate of drug-likeness (QED) is 0.759. The first-order valence-electron chi connectivity index (χ1n) is 5.80. The fraction of sp³-hybridized carbons (Fsp3) is 0.417. The molecule has 20 heavy (non-hydrogen) atoms. The maximum absolute atomic E-state index is 12.6. The molecular formula is C12H13F3N2O3. The summed E-state index contributed by atoms with van der Waals surface area (Å²) in [6.07, 6.45) is -4.48. The Morgan fingerprint density at radius 2 is 1.95 bits per heavy atom. The first-order chi connectivity index (χ1) is 9.32. The number of benzene rings is 1. The lowest BCUT2D eigenvalue weighted by atomic mass is 9.90. The van der Waals surface area contributed by atoms with Gasteiger partial charge in [-0.2, -0.15) is 13.2 Å². The van der Waals surface area contributed by atoms with Crippen molar-refractivity contribution in [2.45, 2.75) is 6.18 Å². The van der Waals surface area contributed by atoms with Crippen LogP contribution < -0.4 is 10.4 Å². The summed E-state index contributed by atoms with van der Waals surface area (Å²) in [5.41, 5.74) is 0.238. The topological polar surface area (TPSA) is 72.8 Å². The first kappa shape index (κ1) is 14.6. The van der Waals surface area contributed by atoms with E-state index < -0.39 is 36.3 Å². The van der Waals surface area contributed by atoms with Crippen molar-refractivity contribution in [3.63, 3.8) is 0 Å². The van der Waals surface area contributed by atoms with Gasteiger partial charge in [-0.15, -0.1) is 0 Å². The third kappa shape index (κ3) is 2.44. The fourth-order valence-corrected chi connectivity index (χ4v) is 1.95. The van der Waals surface area contributed by atoms with Crippen LogP contribution in [0.5, 0.6) is 0 Å². The zero-order chi connectivity index (χ0) is 15.0. The van der Waals surface area contributed by atoms with E-state index in [9.17, 15) is 28.2 Å². The number of carbonyl (C=O) groups excluding carboxylic acids is 1. The first-order valence-corrected chi connectivity index (χ1v) is 5.80. The molecule has 110 valence electrons. The highest BCUT2D eigenvalue weighted by Gasteiger charge is 2.46. The maximum Gasteiger partial charge on any atom is 0.416 e. The van der Waals surface area contributed by atoms with E-state index in [1.807, 2.05) is 0 Å². The number of aliphatic hydroxyl groups excluding tert-OH is 2. The Hall–Kier alpha value is -1.80. The second kappa shape index (κ2) is 4.95. The number of hydrogen-bond acceptors (Lipinski definition) is 4. The predicted molar refractivity (Wildman–Crippen MR) is 63.5 cm³/mol. The number of rotatable bonds is 3. The average Bonchev–Trinajstić information content (AvgIpc) is 2.76. The zero-order valence-corrected chi connectivity index (χ0v) is 10.3. The molecule has 0 atom stereocenters. The average molecular weight is 290 g/mol. The Morgan fingerprint density at radius 1 is 1.30 bits per heavy atom. The van der Waals surface area contributed by atoms with Crippen LogP contribution in [0, 0.1) is 5.41 Å². The third-order valence-corrected chi connectivity index (χ3v) is 3.27. The van der Waals surface area contributed by atoms with Gasteiger partial charge in [0.1, 0.15) is 5.41 Å². The van der Waals surface area contributed by atoms with E-state index in [1.54, 1.807) is 0 Å². The summed E-state index contributed by atoms with van der Waals surface area (Å²) in [7, 11) is 0. The molecule has 1 heterocycles. The van der Waals surface area contributed by atoms with Crippen LogP contribution in [0.1, 0.15) is 5.56 Å². The number of nitrogens with one attached hydrogen (secondary N) is 1. The smallest absolute Gasteiger partial charge is 0.395 e. The summed E-state index contributed by atoms with van der Waals surface area (Å²) in [6.45, 7) is -1.30. The molecular weight excluding hydrogens is 277 g/mol. The van der Waals surface area contributed by atoms with E-state index in [0.717, 1.165) is 12.1 Å². The van der Waals surface area contributed by atoms with E-state index in [2.05, 4.69) is 5.43 Å². The lowest BCUT2D eigenvalue weighted by Crippen LogP contribution is -2.39. The number of carbonyl (C=O) groups is 1. The Bertz CT molecular complexity index is 515. The molecule has 0 radical (unpaired) electrons.